The minimum absolute atomic E-state index is 0.0145. The minimum Gasteiger partial charge on any atom is -0.355 e. The van der Waals surface area contributed by atoms with Gasteiger partial charge in [0.1, 0.15) is 12.6 Å². The molecule has 0 radical (unpaired) electrons. The monoisotopic (exact) mass is 533 g/mol. The summed E-state index contributed by atoms with van der Waals surface area (Å²) < 4.78 is 26.0. The zero-order chi connectivity index (χ0) is 24.9. The summed E-state index contributed by atoms with van der Waals surface area (Å²) in [6.07, 6.45) is 1.00. The summed E-state index contributed by atoms with van der Waals surface area (Å²) in [5, 5.41) is 3.81. The molecule has 2 amide bonds. The fourth-order valence-corrected chi connectivity index (χ4v) is 4.57. The van der Waals surface area contributed by atoms with Crippen molar-refractivity contribution >= 4 is 62.3 Å². The van der Waals surface area contributed by atoms with E-state index in [0.29, 0.717) is 27.2 Å². The van der Waals surface area contributed by atoms with E-state index in [2.05, 4.69) is 5.32 Å². The number of aryl methyl sites for hydroxylation is 1. The lowest BCUT2D eigenvalue weighted by molar-refractivity contribution is -0.139. The van der Waals surface area contributed by atoms with Crippen LogP contribution in [-0.4, -0.2) is 50.5 Å². The van der Waals surface area contributed by atoms with E-state index in [4.69, 9.17) is 34.8 Å². The van der Waals surface area contributed by atoms with Gasteiger partial charge in [0.25, 0.3) is 0 Å². The van der Waals surface area contributed by atoms with Crippen LogP contribution in [-0.2, 0) is 26.2 Å². The summed E-state index contributed by atoms with van der Waals surface area (Å²) in [4.78, 5) is 27.2. The third-order valence-corrected chi connectivity index (χ3v) is 7.13. The van der Waals surface area contributed by atoms with Crippen molar-refractivity contribution in [1.29, 1.82) is 0 Å². The fraction of sp³-hybridized carbons (Fsp3) is 0.364. The highest BCUT2D eigenvalue weighted by atomic mass is 35.5. The van der Waals surface area contributed by atoms with E-state index in [1.807, 2.05) is 0 Å². The van der Waals surface area contributed by atoms with Gasteiger partial charge in [-0.25, -0.2) is 8.42 Å². The number of benzene rings is 2. The molecule has 0 aliphatic heterocycles. The Morgan fingerprint density at radius 1 is 1.06 bits per heavy atom. The molecule has 0 aliphatic carbocycles. The number of amides is 2. The highest BCUT2D eigenvalue weighted by molar-refractivity contribution is 7.92. The molecular weight excluding hydrogens is 509 g/mol. The van der Waals surface area contributed by atoms with Crippen LogP contribution >= 0.6 is 34.8 Å². The molecule has 0 saturated heterocycles. The molecule has 180 valence electrons. The van der Waals surface area contributed by atoms with Crippen molar-refractivity contribution in [1.82, 2.24) is 10.2 Å². The fourth-order valence-electron chi connectivity index (χ4n) is 3.09. The normalized spacial score (nSPS) is 12.2. The number of hydrogen-bond acceptors (Lipinski definition) is 4. The first-order valence-corrected chi connectivity index (χ1v) is 13.1. The van der Waals surface area contributed by atoms with Gasteiger partial charge in [-0.15, -0.1) is 0 Å². The molecule has 2 aromatic rings. The average Bonchev–Trinajstić information content (AvgIpc) is 2.72. The molecule has 1 atom stereocenters. The van der Waals surface area contributed by atoms with Gasteiger partial charge in [-0.1, -0.05) is 46.9 Å². The van der Waals surface area contributed by atoms with Crippen LogP contribution < -0.4 is 9.62 Å². The number of carbonyl (C=O) groups is 2. The Kier molecular flexibility index (Phi) is 9.43. The molecule has 0 aliphatic rings. The molecule has 1 N–H and O–H groups in total. The Bertz CT molecular complexity index is 1140. The van der Waals surface area contributed by atoms with Crippen LogP contribution in [0.5, 0.6) is 0 Å². The van der Waals surface area contributed by atoms with Crippen LogP contribution in [0, 0.1) is 6.92 Å². The first-order chi connectivity index (χ1) is 15.3. The predicted octanol–water partition coefficient (Wildman–Crippen LogP) is 4.27. The third-order valence-electron chi connectivity index (χ3n) is 5.00. The van der Waals surface area contributed by atoms with Crippen molar-refractivity contribution < 1.29 is 18.0 Å². The standard InChI is InChI=1S/C22H26Cl3N3O4S/c1-5-26-22(30)15(3)27(12-16-7-8-17(23)10-20(16)25)21(29)13-28(33(4,31)32)18-9-6-14(2)19(24)11-18/h6-11,15H,5,12-13H2,1-4H3,(H,26,30)/t15-/m0/s1. The lowest BCUT2D eigenvalue weighted by atomic mass is 10.1. The number of nitrogens with zero attached hydrogens (tertiary/aromatic N) is 2. The zero-order valence-corrected chi connectivity index (χ0v) is 21.8. The van der Waals surface area contributed by atoms with Crippen LogP contribution in [0.4, 0.5) is 5.69 Å². The van der Waals surface area contributed by atoms with Gasteiger partial charge in [-0.2, -0.15) is 0 Å². The molecule has 33 heavy (non-hydrogen) atoms. The second kappa shape index (κ2) is 11.4. The Labute approximate surface area is 209 Å². The van der Waals surface area contributed by atoms with E-state index in [9.17, 15) is 18.0 Å². The maximum atomic E-state index is 13.4. The number of sulfonamides is 1. The molecule has 11 heteroatoms. The number of anilines is 1. The Morgan fingerprint density at radius 2 is 1.73 bits per heavy atom. The van der Waals surface area contributed by atoms with Gasteiger partial charge in [-0.05, 0) is 56.2 Å². The highest BCUT2D eigenvalue weighted by Crippen LogP contribution is 2.26. The molecule has 0 saturated carbocycles. The quantitative estimate of drug-likeness (QED) is 0.520. The van der Waals surface area contributed by atoms with Gasteiger partial charge >= 0.3 is 0 Å². The van der Waals surface area contributed by atoms with Crippen LogP contribution in [0.1, 0.15) is 25.0 Å². The van der Waals surface area contributed by atoms with Crippen LogP contribution in [0.3, 0.4) is 0 Å². The van der Waals surface area contributed by atoms with Crippen molar-refractivity contribution in [3.63, 3.8) is 0 Å². The van der Waals surface area contributed by atoms with E-state index in [1.165, 1.54) is 17.0 Å². The maximum Gasteiger partial charge on any atom is 0.244 e. The van der Waals surface area contributed by atoms with Crippen molar-refractivity contribution in [2.24, 2.45) is 0 Å². The second-order valence-corrected chi connectivity index (χ2v) is 10.7. The summed E-state index contributed by atoms with van der Waals surface area (Å²) in [7, 11) is -3.84. The predicted molar refractivity (Wildman–Crippen MR) is 134 cm³/mol. The number of likely N-dealkylation sites (N-methyl/N-ethyl adjacent to an activating group) is 1. The third kappa shape index (κ3) is 7.24. The first kappa shape index (κ1) is 27.2. The van der Waals surface area contributed by atoms with Gasteiger partial charge in [-0.3, -0.25) is 13.9 Å². The topological polar surface area (TPSA) is 86.8 Å². The second-order valence-electron chi connectivity index (χ2n) is 7.53. The van der Waals surface area contributed by atoms with Gasteiger partial charge in [0.2, 0.25) is 21.8 Å². The molecule has 0 bridgehead atoms. The van der Waals surface area contributed by atoms with Gasteiger partial charge < -0.3 is 10.2 Å². The van der Waals surface area contributed by atoms with E-state index in [1.54, 1.807) is 45.0 Å². The number of nitrogens with one attached hydrogen (secondary N) is 1. The lowest BCUT2D eigenvalue weighted by Gasteiger charge is -2.31. The molecule has 0 unspecified atom stereocenters. The summed E-state index contributed by atoms with van der Waals surface area (Å²) in [5.41, 5.74) is 1.58. The smallest absolute Gasteiger partial charge is 0.244 e. The Hall–Kier alpha value is -2.00. The minimum atomic E-state index is -3.84. The number of halogens is 3. The summed E-state index contributed by atoms with van der Waals surface area (Å²) in [5.74, 6) is -0.956. The van der Waals surface area contributed by atoms with E-state index >= 15 is 0 Å². The van der Waals surface area contributed by atoms with E-state index in [0.717, 1.165) is 16.1 Å². The summed E-state index contributed by atoms with van der Waals surface area (Å²) in [6.45, 7) is 4.96. The lowest BCUT2D eigenvalue weighted by Crippen LogP contribution is -2.51. The van der Waals surface area contributed by atoms with Crippen molar-refractivity contribution in [2.75, 3.05) is 23.7 Å². The number of carbonyl (C=O) groups excluding carboxylic acids is 2. The number of rotatable bonds is 9. The molecule has 0 aromatic heterocycles. The zero-order valence-electron chi connectivity index (χ0n) is 18.7. The van der Waals surface area contributed by atoms with E-state index < -0.39 is 28.5 Å². The maximum absolute atomic E-state index is 13.4. The largest absolute Gasteiger partial charge is 0.355 e. The van der Waals surface area contributed by atoms with Crippen LogP contribution in [0.15, 0.2) is 36.4 Å². The highest BCUT2D eigenvalue weighted by Gasteiger charge is 2.30. The Balaban J connectivity index is 2.43. The SMILES string of the molecule is CCNC(=O)[C@H](C)N(Cc1ccc(Cl)cc1Cl)C(=O)CN(c1ccc(C)c(Cl)c1)S(C)(=O)=O. The van der Waals surface area contributed by atoms with Gasteiger partial charge in [0, 0.05) is 28.2 Å². The van der Waals surface area contributed by atoms with Crippen LogP contribution in [0.2, 0.25) is 15.1 Å². The summed E-state index contributed by atoms with van der Waals surface area (Å²) >= 11 is 18.4. The molecule has 0 spiro atoms. The van der Waals surface area contributed by atoms with Gasteiger partial charge in [0.05, 0.1) is 11.9 Å². The average molecular weight is 535 g/mol. The molecule has 0 heterocycles. The Morgan fingerprint density at radius 3 is 2.27 bits per heavy atom. The van der Waals surface area contributed by atoms with Crippen molar-refractivity contribution in [2.45, 2.75) is 33.4 Å². The molecule has 0 fully saturated rings. The molecule has 7 nitrogen and oxygen atoms in total. The van der Waals surface area contributed by atoms with E-state index in [-0.39, 0.29) is 18.1 Å². The van der Waals surface area contributed by atoms with Crippen molar-refractivity contribution in [3.8, 4) is 0 Å². The molecule has 2 aromatic carbocycles. The molecular formula is C22H26Cl3N3O4S. The van der Waals surface area contributed by atoms with Crippen molar-refractivity contribution in [3.05, 3.63) is 62.6 Å². The molecule has 2 rings (SSSR count). The summed E-state index contributed by atoms with van der Waals surface area (Å²) in [6, 6.07) is 8.66. The van der Waals surface area contributed by atoms with Gasteiger partial charge in [0.15, 0.2) is 0 Å². The van der Waals surface area contributed by atoms with Crippen LogP contribution in [0.25, 0.3) is 0 Å². The number of hydrogen-bond donors (Lipinski definition) is 1. The first-order valence-electron chi connectivity index (χ1n) is 10.1.